The van der Waals surface area contributed by atoms with Gasteiger partial charge in [-0.25, -0.2) is 0 Å². The second-order valence-electron chi connectivity index (χ2n) is 7.33. The van der Waals surface area contributed by atoms with Crippen LogP contribution < -0.4 is 5.32 Å². The molecule has 0 aromatic heterocycles. The zero-order valence-electron chi connectivity index (χ0n) is 12.9. The molecule has 22 heavy (non-hydrogen) atoms. The molecule has 1 N–H and O–H groups in total. The van der Waals surface area contributed by atoms with Crippen molar-refractivity contribution in [2.45, 2.75) is 69.6 Å². The standard InChI is InChI=1S/C16H25F3N2O/c17-16(18,19)5-6-21(10-11-1-2-11)15(22)9-12-7-13-3-4-14(8-12)20-13/h11-14,20H,1-10H2. The van der Waals surface area contributed by atoms with Crippen LogP contribution in [0.25, 0.3) is 0 Å². The molecule has 1 saturated carbocycles. The fourth-order valence-corrected chi connectivity index (χ4v) is 3.91. The number of nitrogens with one attached hydrogen (secondary N) is 1. The fourth-order valence-electron chi connectivity index (χ4n) is 3.91. The van der Waals surface area contributed by atoms with Crippen molar-refractivity contribution in [3.05, 3.63) is 0 Å². The van der Waals surface area contributed by atoms with Crippen molar-refractivity contribution in [3.63, 3.8) is 0 Å². The summed E-state index contributed by atoms with van der Waals surface area (Å²) in [4.78, 5) is 13.9. The lowest BCUT2D eigenvalue weighted by atomic mass is 9.89. The van der Waals surface area contributed by atoms with E-state index in [-0.39, 0.29) is 12.5 Å². The van der Waals surface area contributed by atoms with Crippen molar-refractivity contribution >= 4 is 5.91 Å². The molecule has 2 bridgehead atoms. The van der Waals surface area contributed by atoms with Crippen molar-refractivity contribution in [2.24, 2.45) is 11.8 Å². The smallest absolute Gasteiger partial charge is 0.342 e. The average Bonchev–Trinajstić information content (AvgIpc) is 3.18. The quantitative estimate of drug-likeness (QED) is 0.816. The molecule has 0 radical (unpaired) electrons. The van der Waals surface area contributed by atoms with Gasteiger partial charge < -0.3 is 10.2 Å². The topological polar surface area (TPSA) is 32.3 Å². The monoisotopic (exact) mass is 318 g/mol. The van der Waals surface area contributed by atoms with Gasteiger partial charge in [-0.05, 0) is 50.4 Å². The Morgan fingerprint density at radius 3 is 2.23 bits per heavy atom. The zero-order chi connectivity index (χ0) is 15.7. The largest absolute Gasteiger partial charge is 0.390 e. The highest BCUT2D eigenvalue weighted by atomic mass is 19.4. The highest BCUT2D eigenvalue weighted by Crippen LogP contribution is 2.34. The number of nitrogens with zero attached hydrogens (tertiary/aromatic N) is 1. The van der Waals surface area contributed by atoms with E-state index < -0.39 is 12.6 Å². The van der Waals surface area contributed by atoms with Crippen LogP contribution >= 0.6 is 0 Å². The van der Waals surface area contributed by atoms with Crippen molar-refractivity contribution in [2.75, 3.05) is 13.1 Å². The number of amides is 1. The lowest BCUT2D eigenvalue weighted by Gasteiger charge is -2.31. The van der Waals surface area contributed by atoms with Gasteiger partial charge in [-0.2, -0.15) is 13.2 Å². The highest BCUT2D eigenvalue weighted by molar-refractivity contribution is 5.76. The van der Waals surface area contributed by atoms with E-state index >= 15 is 0 Å². The fraction of sp³-hybridized carbons (Fsp3) is 0.938. The van der Waals surface area contributed by atoms with Gasteiger partial charge in [0.25, 0.3) is 0 Å². The van der Waals surface area contributed by atoms with Gasteiger partial charge in [0.05, 0.1) is 6.42 Å². The minimum absolute atomic E-state index is 0.0672. The Morgan fingerprint density at radius 1 is 1.05 bits per heavy atom. The van der Waals surface area contributed by atoms with E-state index in [0.29, 0.717) is 36.9 Å². The van der Waals surface area contributed by atoms with E-state index in [1.807, 2.05) is 0 Å². The van der Waals surface area contributed by atoms with E-state index in [0.717, 1.165) is 25.7 Å². The third kappa shape index (κ3) is 4.61. The maximum Gasteiger partial charge on any atom is 0.390 e. The van der Waals surface area contributed by atoms with Gasteiger partial charge in [0.1, 0.15) is 0 Å². The summed E-state index contributed by atoms with van der Waals surface area (Å²) >= 11 is 0. The maximum atomic E-state index is 12.5. The molecule has 1 amide bonds. The molecule has 2 heterocycles. The minimum atomic E-state index is -4.18. The van der Waals surface area contributed by atoms with Crippen LogP contribution in [0.4, 0.5) is 13.2 Å². The van der Waals surface area contributed by atoms with Crippen LogP contribution in [0.3, 0.4) is 0 Å². The van der Waals surface area contributed by atoms with Crippen molar-refractivity contribution in [1.82, 2.24) is 10.2 Å². The molecule has 2 atom stereocenters. The molecule has 3 aliphatic rings. The summed E-state index contributed by atoms with van der Waals surface area (Å²) in [6.45, 7) is 0.351. The molecule has 0 spiro atoms. The van der Waals surface area contributed by atoms with E-state index in [1.54, 1.807) is 0 Å². The summed E-state index contributed by atoms with van der Waals surface area (Å²) in [7, 11) is 0. The first-order valence-electron chi connectivity index (χ1n) is 8.49. The van der Waals surface area contributed by atoms with Crippen molar-refractivity contribution in [1.29, 1.82) is 0 Å². The van der Waals surface area contributed by atoms with E-state index in [1.165, 1.54) is 17.7 Å². The third-order valence-corrected chi connectivity index (χ3v) is 5.23. The average molecular weight is 318 g/mol. The lowest BCUT2D eigenvalue weighted by molar-refractivity contribution is -0.146. The molecule has 3 nitrogen and oxygen atoms in total. The summed E-state index contributed by atoms with van der Waals surface area (Å²) in [5.41, 5.74) is 0. The van der Waals surface area contributed by atoms with Gasteiger partial charge >= 0.3 is 6.18 Å². The van der Waals surface area contributed by atoms with E-state index in [2.05, 4.69) is 5.32 Å². The molecular formula is C16H25F3N2O. The van der Waals surface area contributed by atoms with E-state index in [9.17, 15) is 18.0 Å². The minimum Gasteiger partial charge on any atom is -0.342 e. The number of hydrogen-bond donors (Lipinski definition) is 1. The first-order valence-corrected chi connectivity index (χ1v) is 8.49. The van der Waals surface area contributed by atoms with Gasteiger partial charge in [-0.15, -0.1) is 0 Å². The number of hydrogen-bond acceptors (Lipinski definition) is 2. The summed E-state index contributed by atoms with van der Waals surface area (Å²) in [6, 6.07) is 1.03. The molecule has 126 valence electrons. The Labute approximate surface area is 129 Å². The van der Waals surface area contributed by atoms with Gasteiger partial charge in [0.15, 0.2) is 0 Å². The number of alkyl halides is 3. The summed E-state index contributed by atoms with van der Waals surface area (Å²) in [5.74, 6) is 0.711. The third-order valence-electron chi connectivity index (χ3n) is 5.23. The molecule has 3 rings (SSSR count). The first kappa shape index (κ1) is 16.1. The Balaban J connectivity index is 1.51. The van der Waals surface area contributed by atoms with E-state index in [4.69, 9.17) is 0 Å². The Hall–Kier alpha value is -0.780. The number of carbonyl (C=O) groups is 1. The van der Waals surface area contributed by atoms with Gasteiger partial charge in [-0.3, -0.25) is 4.79 Å². The second-order valence-corrected chi connectivity index (χ2v) is 7.33. The zero-order valence-corrected chi connectivity index (χ0v) is 12.9. The molecule has 0 aromatic carbocycles. The van der Waals surface area contributed by atoms with Crippen LogP contribution in [0.2, 0.25) is 0 Å². The van der Waals surface area contributed by atoms with Crippen LogP contribution in [0.1, 0.15) is 51.4 Å². The Kier molecular flexibility index (Phi) is 4.67. The Morgan fingerprint density at radius 2 is 1.68 bits per heavy atom. The van der Waals surface area contributed by atoms with Crippen molar-refractivity contribution < 1.29 is 18.0 Å². The summed E-state index contributed by atoms with van der Waals surface area (Å²) in [5, 5.41) is 3.54. The number of rotatable bonds is 6. The Bertz CT molecular complexity index is 397. The lowest BCUT2D eigenvalue weighted by Crippen LogP contribution is -2.41. The molecule has 3 fully saturated rings. The van der Waals surface area contributed by atoms with Crippen LogP contribution in [-0.4, -0.2) is 42.2 Å². The summed E-state index contributed by atoms with van der Waals surface area (Å²) in [6.07, 6.45) is 1.81. The molecule has 6 heteroatoms. The number of fused-ring (bicyclic) bond motifs is 2. The molecule has 2 unspecified atom stereocenters. The predicted octanol–water partition coefficient (Wildman–Crippen LogP) is 3.10. The molecule has 1 aliphatic carbocycles. The molecular weight excluding hydrogens is 293 g/mol. The van der Waals surface area contributed by atoms with Gasteiger partial charge in [0, 0.05) is 31.6 Å². The number of carbonyl (C=O) groups excluding carboxylic acids is 1. The van der Waals surface area contributed by atoms with Gasteiger partial charge in [-0.1, -0.05) is 0 Å². The molecule has 0 aromatic rings. The molecule has 2 aliphatic heterocycles. The predicted molar refractivity (Wildman–Crippen MR) is 77.3 cm³/mol. The number of piperidine rings is 1. The van der Waals surface area contributed by atoms with Crippen LogP contribution in [0.5, 0.6) is 0 Å². The highest BCUT2D eigenvalue weighted by Gasteiger charge is 2.36. The van der Waals surface area contributed by atoms with Crippen LogP contribution in [0.15, 0.2) is 0 Å². The SMILES string of the molecule is O=C(CC1CC2CCC(C1)N2)N(CCC(F)(F)F)CC1CC1. The molecule has 2 saturated heterocycles. The second kappa shape index (κ2) is 6.38. The first-order chi connectivity index (χ1) is 10.4. The van der Waals surface area contributed by atoms with Crippen LogP contribution in [-0.2, 0) is 4.79 Å². The number of halogens is 3. The van der Waals surface area contributed by atoms with Crippen molar-refractivity contribution in [3.8, 4) is 0 Å². The normalized spacial score (nSPS) is 31.3. The van der Waals surface area contributed by atoms with Crippen LogP contribution in [0, 0.1) is 11.8 Å². The van der Waals surface area contributed by atoms with Gasteiger partial charge in [0.2, 0.25) is 5.91 Å². The summed E-state index contributed by atoms with van der Waals surface area (Å²) < 4.78 is 37.4. The maximum absolute atomic E-state index is 12.5.